The molecule has 0 atom stereocenters. The van der Waals surface area contributed by atoms with Crippen LogP contribution in [-0.4, -0.2) is 27.1 Å². The highest BCUT2D eigenvalue weighted by atomic mass is 19.3. The smallest absolute Gasteiger partial charge is 0.388 e. The van der Waals surface area contributed by atoms with Crippen molar-refractivity contribution in [2.24, 2.45) is 0 Å². The number of halogens is 4. The maximum atomic E-state index is 13.4. The molecule has 0 amide bonds. The number of nitrogens with one attached hydrogen (secondary N) is 1. The fourth-order valence-corrected chi connectivity index (χ4v) is 2.91. The van der Waals surface area contributed by atoms with Crippen LogP contribution in [0, 0.1) is 13.8 Å². The summed E-state index contributed by atoms with van der Waals surface area (Å²) >= 11 is 0. The summed E-state index contributed by atoms with van der Waals surface area (Å²) in [6, 6.07) is 4.75. The number of rotatable bonds is 6. The summed E-state index contributed by atoms with van der Waals surface area (Å²) in [5.41, 5.74) is 2.28. The summed E-state index contributed by atoms with van der Waals surface area (Å²) in [6.45, 7) is 0.830. The van der Waals surface area contributed by atoms with E-state index < -0.39 is 19.1 Å². The molecule has 0 aromatic carbocycles. The van der Waals surface area contributed by atoms with Gasteiger partial charge in [-0.15, -0.1) is 0 Å². The Hall–Kier alpha value is -2.84. The van der Waals surface area contributed by atoms with E-state index in [1.165, 1.54) is 16.8 Å². The van der Waals surface area contributed by atoms with Crippen LogP contribution in [0.3, 0.4) is 0 Å². The predicted molar refractivity (Wildman–Crippen MR) is 94.0 cm³/mol. The number of hydrogen-bond acceptors (Lipinski definition) is 4. The summed E-state index contributed by atoms with van der Waals surface area (Å²) in [6.07, 6.45) is 3.09. The number of anilines is 2. The molecule has 0 radical (unpaired) electrons. The van der Waals surface area contributed by atoms with Crippen LogP contribution in [0.25, 0.3) is 10.9 Å². The van der Waals surface area contributed by atoms with Crippen LogP contribution >= 0.6 is 0 Å². The minimum absolute atomic E-state index is 0.173. The molecular formula is C18H18F4N4O. The Kier molecular flexibility index (Phi) is 4.95. The molecule has 3 aromatic rings. The third-order valence-electron chi connectivity index (χ3n) is 3.97. The van der Waals surface area contributed by atoms with Gasteiger partial charge in [-0.1, -0.05) is 0 Å². The maximum Gasteiger partial charge on any atom is 0.388 e. The zero-order valence-corrected chi connectivity index (χ0v) is 14.9. The largest absolute Gasteiger partial charge is 0.417 e. The lowest BCUT2D eigenvalue weighted by molar-refractivity contribution is -0.0529. The molecule has 5 nitrogen and oxygen atoms in total. The van der Waals surface area contributed by atoms with Crippen LogP contribution in [0.15, 0.2) is 30.6 Å². The van der Waals surface area contributed by atoms with Gasteiger partial charge in [-0.2, -0.15) is 8.78 Å². The Morgan fingerprint density at radius 1 is 1.26 bits per heavy atom. The van der Waals surface area contributed by atoms with Gasteiger partial charge < -0.3 is 14.6 Å². The first kappa shape index (κ1) is 18.9. The molecule has 0 saturated carbocycles. The van der Waals surface area contributed by atoms with Gasteiger partial charge in [-0.25, -0.2) is 18.7 Å². The van der Waals surface area contributed by atoms with E-state index in [4.69, 9.17) is 0 Å². The van der Waals surface area contributed by atoms with Gasteiger partial charge in [-0.3, -0.25) is 0 Å². The van der Waals surface area contributed by atoms with Gasteiger partial charge >= 0.3 is 6.61 Å². The van der Waals surface area contributed by atoms with Gasteiger partial charge in [0.1, 0.15) is 5.82 Å². The summed E-state index contributed by atoms with van der Waals surface area (Å²) in [5, 5.41) is 3.78. The summed E-state index contributed by atoms with van der Waals surface area (Å²) < 4.78 is 57.3. The van der Waals surface area contributed by atoms with E-state index in [0.717, 1.165) is 6.92 Å². The number of ether oxygens (including phenoxy) is 1. The number of pyridine rings is 2. The molecule has 1 N–H and O–H groups in total. The third kappa shape index (κ3) is 4.29. The highest BCUT2D eigenvalue weighted by molar-refractivity contribution is 5.92. The van der Waals surface area contributed by atoms with E-state index in [0.29, 0.717) is 33.7 Å². The Labute approximate surface area is 153 Å². The van der Waals surface area contributed by atoms with Crippen molar-refractivity contribution in [3.8, 4) is 5.88 Å². The van der Waals surface area contributed by atoms with Crippen molar-refractivity contribution in [2.45, 2.75) is 39.9 Å². The average Bonchev–Trinajstić information content (AvgIpc) is 2.92. The number of alkyl halides is 4. The first-order valence-corrected chi connectivity index (χ1v) is 8.16. The molecule has 0 aliphatic heterocycles. The molecule has 144 valence electrons. The second-order valence-electron chi connectivity index (χ2n) is 6.35. The molecule has 0 fully saturated rings. The number of aromatic nitrogens is 3. The number of hydrogen-bond donors (Lipinski definition) is 1. The normalized spacial score (nSPS) is 12.0. The molecule has 0 aliphatic rings. The second-order valence-corrected chi connectivity index (χ2v) is 6.35. The van der Waals surface area contributed by atoms with E-state index in [1.54, 1.807) is 32.2 Å². The molecule has 0 unspecified atom stereocenters. The highest BCUT2D eigenvalue weighted by Crippen LogP contribution is 2.31. The number of fused-ring (bicyclic) bond motifs is 1. The van der Waals surface area contributed by atoms with Gasteiger partial charge in [-0.05, 0) is 31.5 Å². The topological polar surface area (TPSA) is 52.0 Å². The van der Waals surface area contributed by atoms with E-state index in [-0.39, 0.29) is 5.88 Å². The minimum Gasteiger partial charge on any atom is -0.417 e. The number of aryl methyl sites for hydroxylation is 2. The molecule has 3 rings (SSSR count). The fourth-order valence-electron chi connectivity index (χ4n) is 2.91. The molecule has 9 heteroatoms. The Balaban J connectivity index is 1.96. The van der Waals surface area contributed by atoms with Gasteiger partial charge in [0.25, 0.3) is 5.92 Å². The SMILES string of the molecule is Cc1cc(OC(F)F)nc(C)c1Nc1nccc2c1ccn2CC(C)(F)F. The molecule has 0 saturated heterocycles. The monoisotopic (exact) mass is 382 g/mol. The summed E-state index contributed by atoms with van der Waals surface area (Å²) in [4.78, 5) is 8.28. The second kappa shape index (κ2) is 7.05. The molecule has 0 spiro atoms. The fraction of sp³-hybridized carbons (Fsp3) is 0.333. The molecule has 0 bridgehead atoms. The van der Waals surface area contributed by atoms with Gasteiger partial charge in [0.15, 0.2) is 0 Å². The lowest BCUT2D eigenvalue weighted by Crippen LogP contribution is -2.18. The summed E-state index contributed by atoms with van der Waals surface area (Å²) in [7, 11) is 0. The standard InChI is InChI=1S/C18H18F4N4O/c1-10-8-14(27-17(19)20)24-11(2)15(10)25-16-12-5-7-26(9-18(3,21)22)13(12)4-6-23-16/h4-8,17H,9H2,1-3H3,(H,23,25). The van der Waals surface area contributed by atoms with Crippen LogP contribution < -0.4 is 10.1 Å². The van der Waals surface area contributed by atoms with E-state index in [2.05, 4.69) is 20.0 Å². The van der Waals surface area contributed by atoms with Gasteiger partial charge in [0, 0.05) is 30.8 Å². The third-order valence-corrected chi connectivity index (χ3v) is 3.97. The quantitative estimate of drug-likeness (QED) is 0.607. The molecule has 0 aliphatic carbocycles. The van der Waals surface area contributed by atoms with Crippen molar-refractivity contribution in [1.29, 1.82) is 0 Å². The lowest BCUT2D eigenvalue weighted by atomic mass is 10.2. The molecule has 3 aromatic heterocycles. The van der Waals surface area contributed by atoms with E-state index >= 15 is 0 Å². The van der Waals surface area contributed by atoms with E-state index in [9.17, 15) is 17.6 Å². The van der Waals surface area contributed by atoms with Gasteiger partial charge in [0.2, 0.25) is 5.88 Å². The van der Waals surface area contributed by atoms with Gasteiger partial charge in [0.05, 0.1) is 23.4 Å². The van der Waals surface area contributed by atoms with Crippen LogP contribution in [0.1, 0.15) is 18.2 Å². The van der Waals surface area contributed by atoms with E-state index in [1.807, 2.05) is 0 Å². The maximum absolute atomic E-state index is 13.4. The predicted octanol–water partition coefficient (Wildman–Crippen LogP) is 5.05. The first-order chi connectivity index (χ1) is 12.6. The van der Waals surface area contributed by atoms with Crippen molar-refractivity contribution >= 4 is 22.4 Å². The first-order valence-electron chi connectivity index (χ1n) is 8.16. The van der Waals surface area contributed by atoms with Crippen LogP contribution in [0.4, 0.5) is 29.1 Å². The minimum atomic E-state index is -2.96. The number of nitrogens with zero attached hydrogens (tertiary/aromatic N) is 3. The van der Waals surface area contributed by atoms with Crippen molar-refractivity contribution in [2.75, 3.05) is 5.32 Å². The Morgan fingerprint density at radius 3 is 2.63 bits per heavy atom. The van der Waals surface area contributed by atoms with Crippen molar-refractivity contribution in [3.05, 3.63) is 41.9 Å². The van der Waals surface area contributed by atoms with Crippen molar-refractivity contribution < 1.29 is 22.3 Å². The molecule has 3 heterocycles. The van der Waals surface area contributed by atoms with Crippen molar-refractivity contribution in [1.82, 2.24) is 14.5 Å². The Bertz CT molecular complexity index is 943. The highest BCUT2D eigenvalue weighted by Gasteiger charge is 2.23. The van der Waals surface area contributed by atoms with Crippen LogP contribution in [0.2, 0.25) is 0 Å². The molecular weight excluding hydrogens is 364 g/mol. The lowest BCUT2D eigenvalue weighted by Gasteiger charge is -2.15. The van der Waals surface area contributed by atoms with Crippen LogP contribution in [0.5, 0.6) is 5.88 Å². The zero-order valence-electron chi connectivity index (χ0n) is 14.9. The average molecular weight is 382 g/mol. The summed E-state index contributed by atoms with van der Waals surface area (Å²) in [5.74, 6) is -2.56. The zero-order chi connectivity index (χ0) is 19.8. The molecule has 27 heavy (non-hydrogen) atoms. The van der Waals surface area contributed by atoms with Crippen molar-refractivity contribution in [3.63, 3.8) is 0 Å². The van der Waals surface area contributed by atoms with Crippen LogP contribution in [-0.2, 0) is 6.54 Å². The Morgan fingerprint density at radius 2 is 2.00 bits per heavy atom.